The minimum absolute atomic E-state index is 0.622. The van der Waals surface area contributed by atoms with Gasteiger partial charge in [-0.2, -0.15) is 0 Å². The third-order valence-electron chi connectivity index (χ3n) is 1.31. The highest BCUT2D eigenvalue weighted by Crippen LogP contribution is 2.16. The van der Waals surface area contributed by atoms with E-state index in [4.69, 9.17) is 5.73 Å². The van der Waals surface area contributed by atoms with E-state index in [1.54, 1.807) is 11.3 Å². The molecule has 0 aliphatic heterocycles. The Morgan fingerprint density at radius 1 is 1.70 bits per heavy atom. The molecule has 1 aromatic heterocycles. The van der Waals surface area contributed by atoms with Crippen molar-refractivity contribution in [1.82, 2.24) is 0 Å². The smallest absolute Gasteiger partial charge is 0.0296 e. The van der Waals surface area contributed by atoms with E-state index in [1.165, 1.54) is 10.4 Å². The van der Waals surface area contributed by atoms with E-state index in [2.05, 4.69) is 24.4 Å². The van der Waals surface area contributed by atoms with Crippen molar-refractivity contribution in [2.75, 3.05) is 6.54 Å². The standard InChI is InChI=1S/C8H11NS/c1-7-4-6-10-8(7)3-2-5-9/h2-4,6H,5,9H2,1H3. The second-order valence-corrected chi connectivity index (χ2v) is 3.05. The Morgan fingerprint density at radius 3 is 3.00 bits per heavy atom. The fourth-order valence-electron chi connectivity index (χ4n) is 0.730. The highest BCUT2D eigenvalue weighted by atomic mass is 32.1. The van der Waals surface area contributed by atoms with Gasteiger partial charge in [0.15, 0.2) is 0 Å². The fourth-order valence-corrected chi connectivity index (χ4v) is 1.58. The SMILES string of the molecule is Cc1ccsc1C=CCN. The van der Waals surface area contributed by atoms with E-state index < -0.39 is 0 Å². The van der Waals surface area contributed by atoms with Crippen LogP contribution in [0.2, 0.25) is 0 Å². The van der Waals surface area contributed by atoms with Gasteiger partial charge in [0.25, 0.3) is 0 Å². The third-order valence-corrected chi connectivity index (χ3v) is 2.29. The molecule has 1 heterocycles. The first kappa shape index (κ1) is 7.51. The summed E-state index contributed by atoms with van der Waals surface area (Å²) in [6.45, 7) is 2.73. The lowest BCUT2D eigenvalue weighted by molar-refractivity contribution is 1.26. The van der Waals surface area contributed by atoms with Crippen LogP contribution < -0.4 is 5.73 Å². The van der Waals surface area contributed by atoms with Gasteiger partial charge in [-0.3, -0.25) is 0 Å². The van der Waals surface area contributed by atoms with Gasteiger partial charge in [0.2, 0.25) is 0 Å². The van der Waals surface area contributed by atoms with Crippen molar-refractivity contribution >= 4 is 17.4 Å². The van der Waals surface area contributed by atoms with Gasteiger partial charge in [-0.05, 0) is 30.0 Å². The molecule has 0 atom stereocenters. The molecular formula is C8H11NS. The Kier molecular flexibility index (Phi) is 2.66. The van der Waals surface area contributed by atoms with Crippen molar-refractivity contribution in [1.29, 1.82) is 0 Å². The maximum atomic E-state index is 5.31. The maximum Gasteiger partial charge on any atom is 0.0296 e. The Labute approximate surface area is 65.2 Å². The summed E-state index contributed by atoms with van der Waals surface area (Å²) >= 11 is 1.75. The van der Waals surface area contributed by atoms with E-state index in [0.717, 1.165) is 0 Å². The zero-order valence-electron chi connectivity index (χ0n) is 6.00. The fraction of sp³-hybridized carbons (Fsp3) is 0.250. The highest BCUT2D eigenvalue weighted by molar-refractivity contribution is 7.11. The molecule has 0 fully saturated rings. The van der Waals surface area contributed by atoms with Crippen molar-refractivity contribution in [3.63, 3.8) is 0 Å². The monoisotopic (exact) mass is 153 g/mol. The van der Waals surface area contributed by atoms with Gasteiger partial charge in [0.1, 0.15) is 0 Å². The zero-order valence-corrected chi connectivity index (χ0v) is 6.82. The molecule has 0 unspecified atom stereocenters. The Hall–Kier alpha value is -0.600. The zero-order chi connectivity index (χ0) is 7.40. The molecule has 54 valence electrons. The maximum absolute atomic E-state index is 5.31. The van der Waals surface area contributed by atoms with Crippen LogP contribution in [0.15, 0.2) is 17.5 Å². The number of hydrogen-bond donors (Lipinski definition) is 1. The molecule has 10 heavy (non-hydrogen) atoms. The lowest BCUT2D eigenvalue weighted by atomic mass is 10.3. The molecule has 2 N–H and O–H groups in total. The summed E-state index contributed by atoms with van der Waals surface area (Å²) in [7, 11) is 0. The number of thiophene rings is 1. The van der Waals surface area contributed by atoms with Crippen LogP contribution in [0.5, 0.6) is 0 Å². The summed E-state index contributed by atoms with van der Waals surface area (Å²) in [5.41, 5.74) is 6.64. The third kappa shape index (κ3) is 1.69. The van der Waals surface area contributed by atoms with Gasteiger partial charge < -0.3 is 5.73 Å². The quantitative estimate of drug-likeness (QED) is 0.691. The second kappa shape index (κ2) is 3.54. The molecule has 0 radical (unpaired) electrons. The molecule has 0 saturated heterocycles. The van der Waals surface area contributed by atoms with Gasteiger partial charge in [-0.15, -0.1) is 11.3 Å². The molecule has 0 saturated carbocycles. The summed E-state index contributed by atoms with van der Waals surface area (Å²) in [5, 5.41) is 2.09. The van der Waals surface area contributed by atoms with E-state index in [-0.39, 0.29) is 0 Å². The minimum atomic E-state index is 0.622. The van der Waals surface area contributed by atoms with Crippen LogP contribution in [0, 0.1) is 6.92 Å². The summed E-state index contributed by atoms with van der Waals surface area (Å²) in [6, 6.07) is 2.11. The second-order valence-electron chi connectivity index (χ2n) is 2.11. The molecule has 0 spiro atoms. The molecule has 1 nitrogen and oxygen atoms in total. The van der Waals surface area contributed by atoms with Gasteiger partial charge in [0.05, 0.1) is 0 Å². The number of rotatable bonds is 2. The van der Waals surface area contributed by atoms with Gasteiger partial charge in [-0.25, -0.2) is 0 Å². The Bertz CT molecular complexity index is 225. The largest absolute Gasteiger partial charge is 0.327 e. The summed E-state index contributed by atoms with van der Waals surface area (Å²) in [5.74, 6) is 0. The Morgan fingerprint density at radius 2 is 2.50 bits per heavy atom. The summed E-state index contributed by atoms with van der Waals surface area (Å²) in [6.07, 6.45) is 4.04. The van der Waals surface area contributed by atoms with Crippen LogP contribution in [-0.4, -0.2) is 6.54 Å². The minimum Gasteiger partial charge on any atom is -0.327 e. The van der Waals surface area contributed by atoms with Gasteiger partial charge in [0, 0.05) is 11.4 Å². The van der Waals surface area contributed by atoms with Crippen molar-refractivity contribution < 1.29 is 0 Å². The average Bonchev–Trinajstić information content (AvgIpc) is 2.31. The van der Waals surface area contributed by atoms with E-state index in [9.17, 15) is 0 Å². The molecular weight excluding hydrogens is 142 g/mol. The van der Waals surface area contributed by atoms with Crippen LogP contribution in [0.25, 0.3) is 6.08 Å². The van der Waals surface area contributed by atoms with Crippen LogP contribution in [0.3, 0.4) is 0 Å². The predicted molar refractivity (Wildman–Crippen MR) is 47.1 cm³/mol. The normalized spacial score (nSPS) is 11.0. The topological polar surface area (TPSA) is 26.0 Å². The molecule has 0 aliphatic carbocycles. The van der Waals surface area contributed by atoms with Crippen molar-refractivity contribution in [2.24, 2.45) is 5.73 Å². The highest BCUT2D eigenvalue weighted by Gasteiger charge is 1.91. The predicted octanol–water partition coefficient (Wildman–Crippen LogP) is 2.03. The Balaban J connectivity index is 2.74. The number of aryl methyl sites for hydroxylation is 1. The number of hydrogen-bond acceptors (Lipinski definition) is 2. The van der Waals surface area contributed by atoms with E-state index in [1.807, 2.05) is 6.08 Å². The first-order valence-electron chi connectivity index (χ1n) is 3.25. The van der Waals surface area contributed by atoms with Crippen LogP contribution in [0.1, 0.15) is 10.4 Å². The lowest BCUT2D eigenvalue weighted by Gasteiger charge is -1.86. The molecule has 1 rings (SSSR count). The van der Waals surface area contributed by atoms with Crippen molar-refractivity contribution in [2.45, 2.75) is 6.92 Å². The summed E-state index contributed by atoms with van der Waals surface area (Å²) < 4.78 is 0. The summed E-state index contributed by atoms with van der Waals surface area (Å²) in [4.78, 5) is 1.31. The molecule has 0 amide bonds. The van der Waals surface area contributed by atoms with Gasteiger partial charge in [-0.1, -0.05) is 6.08 Å². The molecule has 1 aromatic rings. The molecule has 2 heteroatoms. The number of nitrogens with two attached hydrogens (primary N) is 1. The van der Waals surface area contributed by atoms with E-state index >= 15 is 0 Å². The van der Waals surface area contributed by atoms with Crippen molar-refractivity contribution in [3.05, 3.63) is 28.0 Å². The first-order valence-corrected chi connectivity index (χ1v) is 4.13. The van der Waals surface area contributed by atoms with Crippen LogP contribution in [-0.2, 0) is 0 Å². The van der Waals surface area contributed by atoms with Gasteiger partial charge >= 0.3 is 0 Å². The van der Waals surface area contributed by atoms with Crippen LogP contribution >= 0.6 is 11.3 Å². The molecule has 0 aromatic carbocycles. The first-order chi connectivity index (χ1) is 4.84. The molecule has 0 bridgehead atoms. The van der Waals surface area contributed by atoms with Crippen LogP contribution in [0.4, 0.5) is 0 Å². The lowest BCUT2D eigenvalue weighted by Crippen LogP contribution is -1.91. The average molecular weight is 153 g/mol. The molecule has 0 aliphatic rings. The van der Waals surface area contributed by atoms with Crippen molar-refractivity contribution in [3.8, 4) is 0 Å². The van der Waals surface area contributed by atoms with E-state index in [0.29, 0.717) is 6.54 Å².